The molecule has 0 fully saturated rings. The number of carbonyl (C=O) groups is 2. The van der Waals surface area contributed by atoms with E-state index in [9.17, 15) is 14.7 Å². The Labute approximate surface area is 135 Å². The van der Waals surface area contributed by atoms with Gasteiger partial charge < -0.3 is 14.6 Å². The minimum absolute atomic E-state index is 0.00381. The van der Waals surface area contributed by atoms with Gasteiger partial charge in [0.1, 0.15) is 6.04 Å². The first-order chi connectivity index (χ1) is 11.1. The first-order valence-electron chi connectivity index (χ1n) is 7.78. The maximum absolute atomic E-state index is 12.7. The number of fused-ring (bicyclic) bond motifs is 1. The van der Waals surface area contributed by atoms with Crippen molar-refractivity contribution in [3.05, 3.63) is 59.9 Å². The van der Waals surface area contributed by atoms with Crippen molar-refractivity contribution in [3.63, 3.8) is 0 Å². The Kier molecular flexibility index (Phi) is 4.19. The molecule has 2 atom stereocenters. The van der Waals surface area contributed by atoms with Crippen LogP contribution in [0.15, 0.2) is 48.8 Å². The lowest BCUT2D eigenvalue weighted by atomic mass is 9.93. The Hall–Kier alpha value is -2.56. The summed E-state index contributed by atoms with van der Waals surface area (Å²) in [4.78, 5) is 25.8. The summed E-state index contributed by atoms with van der Waals surface area (Å²) in [5, 5.41) is 9.50. The molecule has 23 heavy (non-hydrogen) atoms. The van der Waals surface area contributed by atoms with Crippen LogP contribution in [0.25, 0.3) is 0 Å². The molecule has 0 saturated heterocycles. The fraction of sp³-hybridized carbons (Fsp3) is 0.333. The number of hydrogen-bond donors (Lipinski definition) is 1. The molecule has 2 unspecified atom stereocenters. The van der Waals surface area contributed by atoms with E-state index < -0.39 is 12.0 Å². The molecule has 1 aliphatic heterocycles. The van der Waals surface area contributed by atoms with Crippen molar-refractivity contribution in [2.75, 3.05) is 0 Å². The molecule has 3 rings (SSSR count). The molecule has 1 aromatic carbocycles. The van der Waals surface area contributed by atoms with E-state index >= 15 is 0 Å². The summed E-state index contributed by atoms with van der Waals surface area (Å²) in [7, 11) is 0. The van der Waals surface area contributed by atoms with E-state index in [2.05, 4.69) is 0 Å². The monoisotopic (exact) mass is 312 g/mol. The largest absolute Gasteiger partial charge is 0.480 e. The van der Waals surface area contributed by atoms with Crippen molar-refractivity contribution >= 4 is 11.9 Å². The van der Waals surface area contributed by atoms with Gasteiger partial charge in [-0.15, -0.1) is 0 Å². The topological polar surface area (TPSA) is 62.5 Å². The summed E-state index contributed by atoms with van der Waals surface area (Å²) >= 11 is 0. The Morgan fingerprint density at radius 3 is 2.48 bits per heavy atom. The van der Waals surface area contributed by atoms with Crippen LogP contribution < -0.4 is 0 Å². The van der Waals surface area contributed by atoms with E-state index in [4.69, 9.17) is 0 Å². The van der Waals surface area contributed by atoms with Gasteiger partial charge in [0.2, 0.25) is 5.91 Å². The highest BCUT2D eigenvalue weighted by Gasteiger charge is 2.34. The van der Waals surface area contributed by atoms with E-state index in [-0.39, 0.29) is 11.9 Å². The van der Waals surface area contributed by atoms with Gasteiger partial charge in [-0.25, -0.2) is 4.79 Å². The third kappa shape index (κ3) is 3.13. The Morgan fingerprint density at radius 2 is 1.83 bits per heavy atom. The first kappa shape index (κ1) is 15.3. The number of carboxylic acids is 1. The number of aliphatic carboxylic acids is 1. The fourth-order valence-corrected chi connectivity index (χ4v) is 3.12. The molecule has 5 nitrogen and oxygen atoms in total. The van der Waals surface area contributed by atoms with Gasteiger partial charge in [0.15, 0.2) is 0 Å². The van der Waals surface area contributed by atoms with Crippen LogP contribution in [-0.2, 0) is 22.6 Å². The number of nitrogens with zero attached hydrogens (tertiary/aromatic N) is 2. The molecule has 0 spiro atoms. The van der Waals surface area contributed by atoms with Gasteiger partial charge in [-0.2, -0.15) is 0 Å². The number of benzene rings is 1. The van der Waals surface area contributed by atoms with Crippen molar-refractivity contribution in [2.45, 2.75) is 38.4 Å². The van der Waals surface area contributed by atoms with E-state index in [1.54, 1.807) is 0 Å². The molecular formula is C18H20N2O3. The molecule has 0 radical (unpaired) electrons. The number of rotatable bonds is 4. The minimum atomic E-state index is -0.943. The van der Waals surface area contributed by atoms with Crippen LogP contribution in [0.4, 0.5) is 0 Å². The number of amides is 1. The van der Waals surface area contributed by atoms with Crippen molar-refractivity contribution in [3.8, 4) is 0 Å². The summed E-state index contributed by atoms with van der Waals surface area (Å²) in [6.45, 7) is 2.33. The highest BCUT2D eigenvalue weighted by Crippen LogP contribution is 2.25. The van der Waals surface area contributed by atoms with Crippen molar-refractivity contribution in [1.82, 2.24) is 9.47 Å². The zero-order valence-corrected chi connectivity index (χ0v) is 13.1. The first-order valence-corrected chi connectivity index (χ1v) is 7.78. The molecule has 1 aromatic heterocycles. The van der Waals surface area contributed by atoms with Gasteiger partial charge in [-0.3, -0.25) is 4.79 Å². The van der Waals surface area contributed by atoms with Crippen LogP contribution in [0.5, 0.6) is 0 Å². The zero-order valence-electron chi connectivity index (χ0n) is 13.1. The van der Waals surface area contributed by atoms with Gasteiger partial charge >= 0.3 is 5.97 Å². The van der Waals surface area contributed by atoms with E-state index in [0.29, 0.717) is 19.4 Å². The van der Waals surface area contributed by atoms with E-state index in [1.807, 2.05) is 60.3 Å². The van der Waals surface area contributed by atoms with Crippen molar-refractivity contribution < 1.29 is 14.7 Å². The Bertz CT molecular complexity index is 709. The second kappa shape index (κ2) is 6.28. The minimum Gasteiger partial charge on any atom is -0.480 e. The smallest absolute Gasteiger partial charge is 0.326 e. The van der Waals surface area contributed by atoms with Gasteiger partial charge in [-0.1, -0.05) is 24.3 Å². The molecule has 0 bridgehead atoms. The molecule has 120 valence electrons. The predicted octanol–water partition coefficient (Wildman–Crippen LogP) is 2.48. The maximum atomic E-state index is 12.7. The van der Waals surface area contributed by atoms with Crippen LogP contribution in [0.3, 0.4) is 0 Å². The summed E-state index contributed by atoms with van der Waals surface area (Å²) in [6, 6.07) is 10.8. The maximum Gasteiger partial charge on any atom is 0.326 e. The lowest BCUT2D eigenvalue weighted by Crippen LogP contribution is -2.49. The van der Waals surface area contributed by atoms with Gasteiger partial charge in [0.25, 0.3) is 0 Å². The van der Waals surface area contributed by atoms with Crippen molar-refractivity contribution in [2.24, 2.45) is 0 Å². The van der Waals surface area contributed by atoms with Crippen LogP contribution in [0, 0.1) is 0 Å². The van der Waals surface area contributed by atoms with Crippen molar-refractivity contribution in [1.29, 1.82) is 0 Å². The summed E-state index contributed by atoms with van der Waals surface area (Å²) in [5.74, 6) is -1.06. The fourth-order valence-electron chi connectivity index (χ4n) is 3.12. The zero-order chi connectivity index (χ0) is 16.4. The quantitative estimate of drug-likeness (QED) is 0.943. The number of hydrogen-bond acceptors (Lipinski definition) is 2. The van der Waals surface area contributed by atoms with Crippen LogP contribution in [0.2, 0.25) is 0 Å². The Morgan fingerprint density at radius 1 is 1.17 bits per heavy atom. The second-order valence-corrected chi connectivity index (χ2v) is 6.03. The SMILES string of the molecule is CC(CC(=O)N1Cc2ccccc2CC1C(=O)O)n1cccc1. The third-order valence-corrected chi connectivity index (χ3v) is 4.46. The number of aromatic nitrogens is 1. The number of carbonyl (C=O) groups excluding carboxylic acids is 1. The molecule has 1 N–H and O–H groups in total. The molecule has 1 amide bonds. The van der Waals surface area contributed by atoms with E-state index in [0.717, 1.165) is 11.1 Å². The summed E-state index contributed by atoms with van der Waals surface area (Å²) in [6.07, 6.45) is 4.49. The molecule has 1 aliphatic rings. The molecule has 5 heteroatoms. The molecule has 2 aromatic rings. The normalized spacial score (nSPS) is 18.3. The summed E-state index contributed by atoms with van der Waals surface area (Å²) in [5.41, 5.74) is 2.05. The standard InChI is InChI=1S/C18H20N2O3/c1-13(19-8-4-5-9-19)10-17(21)20-12-15-7-3-2-6-14(15)11-16(20)18(22)23/h2-9,13,16H,10-12H2,1H3,(H,22,23). The van der Waals surface area contributed by atoms with Gasteiger partial charge in [-0.05, 0) is 30.2 Å². The average Bonchev–Trinajstić information content (AvgIpc) is 3.08. The van der Waals surface area contributed by atoms with Crippen LogP contribution in [0.1, 0.15) is 30.5 Å². The summed E-state index contributed by atoms with van der Waals surface area (Å²) < 4.78 is 1.96. The highest BCUT2D eigenvalue weighted by atomic mass is 16.4. The van der Waals surface area contributed by atoms with E-state index in [1.165, 1.54) is 4.90 Å². The third-order valence-electron chi connectivity index (χ3n) is 4.46. The number of carboxylic acid groups (broad SMARTS) is 1. The van der Waals surface area contributed by atoms with Crippen LogP contribution in [-0.4, -0.2) is 32.5 Å². The van der Waals surface area contributed by atoms with Crippen LogP contribution >= 0.6 is 0 Å². The average molecular weight is 312 g/mol. The highest BCUT2D eigenvalue weighted by molar-refractivity contribution is 5.84. The lowest BCUT2D eigenvalue weighted by molar-refractivity contribution is -0.151. The van der Waals surface area contributed by atoms with Gasteiger partial charge in [0.05, 0.1) is 0 Å². The molecule has 0 aliphatic carbocycles. The molecular weight excluding hydrogens is 292 g/mol. The van der Waals surface area contributed by atoms with Gasteiger partial charge in [0, 0.05) is 37.8 Å². The molecule has 2 heterocycles. The lowest BCUT2D eigenvalue weighted by Gasteiger charge is -2.35. The Balaban J connectivity index is 1.79. The predicted molar refractivity (Wildman–Crippen MR) is 85.9 cm³/mol. The molecule has 0 saturated carbocycles. The second-order valence-electron chi connectivity index (χ2n) is 6.03.